The maximum Gasteiger partial charge on any atom is 0.395 e. The normalized spacial score (nSPS) is 21.0. The number of hydrogen-bond donors (Lipinski definition) is 1. The molecule has 4 nitrogen and oxygen atoms in total. The second-order valence-electron chi connectivity index (χ2n) is 9.67. The van der Waals surface area contributed by atoms with Crippen molar-refractivity contribution in [2.75, 3.05) is 9.34 Å². The summed E-state index contributed by atoms with van der Waals surface area (Å²) in [5.41, 5.74) is 6.51. The van der Waals surface area contributed by atoms with Gasteiger partial charge >= 0.3 is 7.67 Å². The Kier molecular flexibility index (Phi) is 6.37. The van der Waals surface area contributed by atoms with Crippen molar-refractivity contribution in [3.05, 3.63) is 156 Å². The lowest BCUT2D eigenvalue weighted by Gasteiger charge is -2.30. The van der Waals surface area contributed by atoms with Gasteiger partial charge in [-0.25, -0.2) is 4.57 Å². The zero-order valence-electron chi connectivity index (χ0n) is 21.1. The first-order chi connectivity index (χ1) is 18.5. The number of rotatable bonds is 5. The SMILES string of the molecule is Cc1cccc(N2[C@H](c3ccccc3)[C@@H](c3ccccc3)N(c3cccc(-c4ccccc4)c3)P2(=O)O)c1. The highest BCUT2D eigenvalue weighted by molar-refractivity contribution is 7.62. The molecule has 1 aliphatic heterocycles. The lowest BCUT2D eigenvalue weighted by atomic mass is 9.92. The van der Waals surface area contributed by atoms with E-state index in [-0.39, 0.29) is 0 Å². The Labute approximate surface area is 224 Å². The number of anilines is 2. The minimum atomic E-state index is -4.12. The van der Waals surface area contributed by atoms with Crippen molar-refractivity contribution in [1.29, 1.82) is 0 Å². The van der Waals surface area contributed by atoms with E-state index in [9.17, 15) is 9.46 Å². The van der Waals surface area contributed by atoms with Gasteiger partial charge in [0.15, 0.2) is 0 Å². The Morgan fingerprint density at radius 1 is 0.553 bits per heavy atom. The zero-order valence-corrected chi connectivity index (χ0v) is 22.0. The molecule has 0 bridgehead atoms. The van der Waals surface area contributed by atoms with Gasteiger partial charge in [-0.15, -0.1) is 0 Å². The van der Waals surface area contributed by atoms with Crippen molar-refractivity contribution in [3.8, 4) is 11.1 Å². The topological polar surface area (TPSA) is 43.8 Å². The highest BCUT2D eigenvalue weighted by Crippen LogP contribution is 2.69. The standard InChI is InChI=1S/C33H29N2O2P/c1-25-13-11-21-30(23-25)34-32(27-16-7-3-8-17-27)33(28-18-9-4-10-19-28)35(38(34,36)37)31-22-12-20-29(24-31)26-14-5-2-6-15-26/h2-24,32-33H,1H3,(H,36,37)/t32-,33-/m1/s1. The van der Waals surface area contributed by atoms with Gasteiger partial charge in [0.1, 0.15) is 0 Å². The molecule has 3 atom stereocenters. The van der Waals surface area contributed by atoms with Crippen LogP contribution in [0.4, 0.5) is 11.4 Å². The maximum absolute atomic E-state index is 14.8. The number of nitrogens with zero attached hydrogens (tertiary/aromatic N) is 2. The molecule has 0 aliphatic carbocycles. The quantitative estimate of drug-likeness (QED) is 0.238. The Morgan fingerprint density at radius 2 is 1.00 bits per heavy atom. The molecule has 5 aromatic carbocycles. The number of aryl methyl sites for hydroxylation is 1. The van der Waals surface area contributed by atoms with E-state index in [0.29, 0.717) is 5.69 Å². The van der Waals surface area contributed by atoms with E-state index in [1.54, 1.807) is 9.34 Å². The summed E-state index contributed by atoms with van der Waals surface area (Å²) in [6.07, 6.45) is 0. The first-order valence-electron chi connectivity index (χ1n) is 12.8. The predicted octanol–water partition coefficient (Wildman–Crippen LogP) is 8.57. The van der Waals surface area contributed by atoms with Crippen molar-refractivity contribution in [2.24, 2.45) is 0 Å². The smallest absolute Gasteiger partial charge is 0.313 e. The molecule has 5 aromatic rings. The van der Waals surface area contributed by atoms with Gasteiger partial charge in [-0.1, -0.05) is 115 Å². The molecule has 5 heteroatoms. The van der Waals surface area contributed by atoms with E-state index in [2.05, 4.69) is 12.1 Å². The molecule has 1 saturated heterocycles. The summed E-state index contributed by atoms with van der Waals surface area (Å²) in [7, 11) is -4.12. The van der Waals surface area contributed by atoms with Crippen LogP contribution in [0.15, 0.2) is 140 Å². The highest BCUT2D eigenvalue weighted by atomic mass is 31.2. The average molecular weight is 517 g/mol. The van der Waals surface area contributed by atoms with E-state index in [0.717, 1.165) is 33.5 Å². The van der Waals surface area contributed by atoms with Gasteiger partial charge in [0, 0.05) is 11.4 Å². The van der Waals surface area contributed by atoms with E-state index < -0.39 is 19.8 Å². The first-order valence-corrected chi connectivity index (χ1v) is 14.3. The predicted molar refractivity (Wildman–Crippen MR) is 156 cm³/mol. The fraction of sp³-hybridized carbons (Fsp3) is 0.0909. The Morgan fingerprint density at radius 3 is 1.53 bits per heavy atom. The van der Waals surface area contributed by atoms with Gasteiger partial charge in [0.2, 0.25) is 0 Å². The number of benzene rings is 5. The van der Waals surface area contributed by atoms with Crippen LogP contribution in [-0.4, -0.2) is 4.89 Å². The summed E-state index contributed by atoms with van der Waals surface area (Å²) in [4.78, 5) is 12.1. The molecule has 38 heavy (non-hydrogen) atoms. The summed E-state index contributed by atoms with van der Waals surface area (Å²) in [5, 5.41) is 0. The molecular weight excluding hydrogens is 487 g/mol. The van der Waals surface area contributed by atoms with Crippen LogP contribution in [-0.2, 0) is 4.57 Å². The van der Waals surface area contributed by atoms with Crippen LogP contribution in [0, 0.1) is 6.92 Å². The van der Waals surface area contributed by atoms with Gasteiger partial charge in [0.25, 0.3) is 0 Å². The van der Waals surface area contributed by atoms with Crippen molar-refractivity contribution in [1.82, 2.24) is 0 Å². The fourth-order valence-corrected chi connectivity index (χ4v) is 7.72. The maximum atomic E-state index is 14.8. The molecule has 0 saturated carbocycles. The Balaban J connectivity index is 1.60. The van der Waals surface area contributed by atoms with Crippen molar-refractivity contribution < 1.29 is 9.46 Å². The van der Waals surface area contributed by atoms with E-state index >= 15 is 0 Å². The molecule has 1 N–H and O–H groups in total. The third-order valence-corrected chi connectivity index (χ3v) is 9.24. The van der Waals surface area contributed by atoms with Gasteiger partial charge in [-0.05, 0) is 59.0 Å². The second-order valence-corrected chi connectivity index (χ2v) is 11.6. The van der Waals surface area contributed by atoms with E-state index in [4.69, 9.17) is 0 Å². The van der Waals surface area contributed by atoms with Gasteiger partial charge < -0.3 is 4.89 Å². The van der Waals surface area contributed by atoms with Crippen LogP contribution >= 0.6 is 7.67 Å². The van der Waals surface area contributed by atoms with Crippen LogP contribution in [0.5, 0.6) is 0 Å². The third-order valence-electron chi connectivity index (χ3n) is 7.15. The summed E-state index contributed by atoms with van der Waals surface area (Å²) in [5.74, 6) is 0. The molecule has 1 unspecified atom stereocenters. The first kappa shape index (κ1) is 24.2. The largest absolute Gasteiger partial charge is 0.395 e. The van der Waals surface area contributed by atoms with Crippen LogP contribution in [0.3, 0.4) is 0 Å². The second kappa shape index (κ2) is 9.98. The summed E-state index contributed by atoms with van der Waals surface area (Å²) in [6, 6.07) is 45.3. The van der Waals surface area contributed by atoms with Crippen LogP contribution < -0.4 is 9.34 Å². The van der Waals surface area contributed by atoms with Crippen molar-refractivity contribution in [3.63, 3.8) is 0 Å². The highest BCUT2D eigenvalue weighted by Gasteiger charge is 2.56. The average Bonchev–Trinajstić information content (AvgIpc) is 3.21. The van der Waals surface area contributed by atoms with Gasteiger partial charge in [-0.2, -0.15) is 0 Å². The molecule has 0 amide bonds. The summed E-state index contributed by atoms with van der Waals surface area (Å²) >= 11 is 0. The van der Waals surface area contributed by atoms with Crippen molar-refractivity contribution >= 4 is 19.0 Å². The lowest BCUT2D eigenvalue weighted by Crippen LogP contribution is -2.23. The molecule has 1 heterocycles. The van der Waals surface area contributed by atoms with Crippen molar-refractivity contribution in [2.45, 2.75) is 19.0 Å². The van der Waals surface area contributed by atoms with Gasteiger partial charge in [0.05, 0.1) is 12.1 Å². The van der Waals surface area contributed by atoms with Gasteiger partial charge in [-0.3, -0.25) is 9.34 Å². The minimum Gasteiger partial charge on any atom is -0.313 e. The molecule has 1 aliphatic rings. The van der Waals surface area contributed by atoms with Crippen LogP contribution in [0.25, 0.3) is 11.1 Å². The summed E-state index contributed by atoms with van der Waals surface area (Å²) < 4.78 is 18.3. The zero-order chi connectivity index (χ0) is 26.1. The molecular formula is C33H29N2O2P. The lowest BCUT2D eigenvalue weighted by molar-refractivity contribution is 0.476. The van der Waals surface area contributed by atoms with E-state index in [1.807, 2.05) is 134 Å². The Bertz CT molecular complexity index is 1590. The molecule has 0 aromatic heterocycles. The molecule has 0 spiro atoms. The molecule has 0 radical (unpaired) electrons. The van der Waals surface area contributed by atoms with Crippen LogP contribution in [0.1, 0.15) is 28.8 Å². The molecule has 1 fully saturated rings. The monoisotopic (exact) mass is 516 g/mol. The van der Waals surface area contributed by atoms with E-state index in [1.165, 1.54) is 0 Å². The molecule has 6 rings (SSSR count). The minimum absolute atomic E-state index is 0.392. The van der Waals surface area contributed by atoms with Crippen LogP contribution in [0.2, 0.25) is 0 Å². The summed E-state index contributed by atoms with van der Waals surface area (Å²) in [6.45, 7) is 2.01. The molecule has 188 valence electrons. The number of hydrogen-bond acceptors (Lipinski definition) is 1. The fourth-order valence-electron chi connectivity index (χ4n) is 5.49. The Hall–Kier alpha value is -4.11. The third kappa shape index (κ3) is 4.32.